The summed E-state index contributed by atoms with van der Waals surface area (Å²) in [6, 6.07) is 3.82. The van der Waals surface area contributed by atoms with Gasteiger partial charge in [-0.1, -0.05) is 6.92 Å². The second-order valence-electron chi connectivity index (χ2n) is 4.69. The van der Waals surface area contributed by atoms with Gasteiger partial charge >= 0.3 is 0 Å². The Balaban J connectivity index is 1.93. The minimum Gasteiger partial charge on any atom is -0.350 e. The van der Waals surface area contributed by atoms with Crippen LogP contribution in [0.1, 0.15) is 29.5 Å². The lowest BCUT2D eigenvalue weighted by atomic mass is 10.3. The molecule has 0 aliphatic heterocycles. The van der Waals surface area contributed by atoms with Crippen molar-refractivity contribution in [2.75, 3.05) is 6.54 Å². The minimum atomic E-state index is -0.0358. The van der Waals surface area contributed by atoms with Gasteiger partial charge in [-0.05, 0) is 34.5 Å². The van der Waals surface area contributed by atoms with Crippen LogP contribution >= 0.6 is 15.9 Å². The molecule has 2 rings (SSSR count). The van der Waals surface area contributed by atoms with Crippen LogP contribution in [0.4, 0.5) is 0 Å². The second kappa shape index (κ2) is 6.74. The molecular formula is C14H19BrN4O. The molecule has 2 heterocycles. The van der Waals surface area contributed by atoms with Crippen LogP contribution in [0.15, 0.2) is 29.0 Å². The number of hydrogen-bond acceptors (Lipinski definition) is 2. The van der Waals surface area contributed by atoms with Crippen molar-refractivity contribution < 1.29 is 4.79 Å². The van der Waals surface area contributed by atoms with Crippen molar-refractivity contribution in [2.24, 2.45) is 7.05 Å². The van der Waals surface area contributed by atoms with Gasteiger partial charge in [-0.3, -0.25) is 9.48 Å². The molecule has 5 nitrogen and oxygen atoms in total. The number of aromatic nitrogens is 3. The SMILES string of the molecule is CCCn1cc(Br)cc1C(=O)NCCc1ccnn1C. The minimum absolute atomic E-state index is 0.0358. The van der Waals surface area contributed by atoms with Gasteiger partial charge in [-0.15, -0.1) is 0 Å². The molecule has 0 unspecified atom stereocenters. The Morgan fingerprint density at radius 2 is 2.30 bits per heavy atom. The van der Waals surface area contributed by atoms with Crippen molar-refractivity contribution in [1.29, 1.82) is 0 Å². The maximum atomic E-state index is 12.2. The Kier molecular flexibility index (Phi) is 5.00. The van der Waals surface area contributed by atoms with Gasteiger partial charge in [0.15, 0.2) is 0 Å². The first-order valence-corrected chi connectivity index (χ1v) is 7.52. The fourth-order valence-electron chi connectivity index (χ4n) is 2.13. The van der Waals surface area contributed by atoms with Crippen molar-refractivity contribution in [3.8, 4) is 0 Å². The van der Waals surface area contributed by atoms with Crippen LogP contribution in [0, 0.1) is 0 Å². The summed E-state index contributed by atoms with van der Waals surface area (Å²) in [6.07, 6.45) is 5.48. The number of hydrogen-bond donors (Lipinski definition) is 1. The van der Waals surface area contributed by atoms with E-state index in [0.717, 1.165) is 29.6 Å². The highest BCUT2D eigenvalue weighted by Crippen LogP contribution is 2.15. The highest BCUT2D eigenvalue weighted by atomic mass is 79.9. The Morgan fingerprint density at radius 1 is 1.50 bits per heavy atom. The number of aryl methyl sites for hydroxylation is 2. The molecule has 0 aliphatic carbocycles. The molecule has 1 N–H and O–H groups in total. The van der Waals surface area contributed by atoms with Gasteiger partial charge in [0.2, 0.25) is 0 Å². The first kappa shape index (κ1) is 14.8. The Morgan fingerprint density at radius 3 is 2.95 bits per heavy atom. The summed E-state index contributed by atoms with van der Waals surface area (Å²) in [7, 11) is 1.90. The molecule has 0 aliphatic rings. The van der Waals surface area contributed by atoms with Crippen molar-refractivity contribution in [1.82, 2.24) is 19.7 Å². The zero-order chi connectivity index (χ0) is 14.5. The van der Waals surface area contributed by atoms with Crippen molar-refractivity contribution in [2.45, 2.75) is 26.3 Å². The van der Waals surface area contributed by atoms with Gasteiger partial charge in [0.05, 0.1) is 0 Å². The summed E-state index contributed by atoms with van der Waals surface area (Å²) in [5, 5.41) is 7.06. The van der Waals surface area contributed by atoms with Crippen LogP contribution in [0.3, 0.4) is 0 Å². The largest absolute Gasteiger partial charge is 0.350 e. The van der Waals surface area contributed by atoms with E-state index in [2.05, 4.69) is 33.3 Å². The fourth-order valence-corrected chi connectivity index (χ4v) is 2.60. The molecule has 0 radical (unpaired) electrons. The predicted molar refractivity (Wildman–Crippen MR) is 81.7 cm³/mol. The van der Waals surface area contributed by atoms with E-state index in [9.17, 15) is 4.79 Å². The summed E-state index contributed by atoms with van der Waals surface area (Å²) >= 11 is 3.42. The summed E-state index contributed by atoms with van der Waals surface area (Å²) < 4.78 is 4.73. The normalized spacial score (nSPS) is 10.8. The monoisotopic (exact) mass is 338 g/mol. The first-order chi connectivity index (χ1) is 9.61. The van der Waals surface area contributed by atoms with E-state index < -0.39 is 0 Å². The molecule has 0 atom stereocenters. The third-order valence-electron chi connectivity index (χ3n) is 3.15. The van der Waals surface area contributed by atoms with E-state index in [1.165, 1.54) is 0 Å². The predicted octanol–water partition coefficient (Wildman–Crippen LogP) is 2.37. The molecule has 0 fully saturated rings. The molecule has 0 saturated carbocycles. The van der Waals surface area contributed by atoms with E-state index >= 15 is 0 Å². The third-order valence-corrected chi connectivity index (χ3v) is 3.58. The van der Waals surface area contributed by atoms with E-state index in [1.807, 2.05) is 34.6 Å². The van der Waals surface area contributed by atoms with Gasteiger partial charge in [0.1, 0.15) is 5.69 Å². The van der Waals surface area contributed by atoms with Gasteiger partial charge in [-0.25, -0.2) is 0 Å². The molecular weight excluding hydrogens is 320 g/mol. The maximum Gasteiger partial charge on any atom is 0.267 e. The number of carbonyl (C=O) groups is 1. The average molecular weight is 339 g/mol. The van der Waals surface area contributed by atoms with Crippen molar-refractivity contribution in [3.63, 3.8) is 0 Å². The van der Waals surface area contributed by atoms with Gasteiger partial charge in [0.25, 0.3) is 5.91 Å². The molecule has 6 heteroatoms. The Labute approximate surface area is 127 Å². The van der Waals surface area contributed by atoms with E-state index in [-0.39, 0.29) is 5.91 Å². The van der Waals surface area contributed by atoms with E-state index in [4.69, 9.17) is 0 Å². The zero-order valence-corrected chi connectivity index (χ0v) is 13.4. The molecule has 2 aromatic heterocycles. The summed E-state index contributed by atoms with van der Waals surface area (Å²) in [5.41, 5.74) is 1.80. The third kappa shape index (κ3) is 3.50. The van der Waals surface area contributed by atoms with Gasteiger partial charge < -0.3 is 9.88 Å². The summed E-state index contributed by atoms with van der Waals surface area (Å²) in [4.78, 5) is 12.2. The van der Waals surface area contributed by atoms with E-state index in [1.54, 1.807) is 6.20 Å². The van der Waals surface area contributed by atoms with E-state index in [0.29, 0.717) is 12.2 Å². The lowest BCUT2D eigenvalue weighted by Crippen LogP contribution is -2.28. The lowest BCUT2D eigenvalue weighted by molar-refractivity contribution is 0.0944. The van der Waals surface area contributed by atoms with Crippen molar-refractivity contribution in [3.05, 3.63) is 40.4 Å². The Bertz CT molecular complexity index is 588. The van der Waals surface area contributed by atoms with Crippen LogP contribution in [-0.2, 0) is 20.0 Å². The molecule has 108 valence electrons. The molecule has 0 bridgehead atoms. The lowest BCUT2D eigenvalue weighted by Gasteiger charge is -2.08. The van der Waals surface area contributed by atoms with Crippen molar-refractivity contribution >= 4 is 21.8 Å². The van der Waals surface area contributed by atoms with Crippen LogP contribution < -0.4 is 5.32 Å². The zero-order valence-electron chi connectivity index (χ0n) is 11.8. The molecule has 0 saturated heterocycles. The smallest absolute Gasteiger partial charge is 0.267 e. The van der Waals surface area contributed by atoms with Crippen LogP contribution in [-0.4, -0.2) is 26.8 Å². The molecule has 20 heavy (non-hydrogen) atoms. The number of rotatable bonds is 6. The van der Waals surface area contributed by atoms with Crippen LogP contribution in [0.5, 0.6) is 0 Å². The first-order valence-electron chi connectivity index (χ1n) is 6.72. The maximum absolute atomic E-state index is 12.2. The standard InChI is InChI=1S/C14H19BrN4O/c1-3-8-19-10-11(15)9-13(19)14(20)16-6-4-12-5-7-17-18(12)2/h5,7,9-10H,3-4,6,8H2,1-2H3,(H,16,20). The number of halogens is 1. The topological polar surface area (TPSA) is 51.9 Å². The number of carbonyl (C=O) groups excluding carboxylic acids is 1. The van der Waals surface area contributed by atoms with Crippen LogP contribution in [0.2, 0.25) is 0 Å². The molecule has 0 aromatic carbocycles. The Hall–Kier alpha value is -1.56. The van der Waals surface area contributed by atoms with Crippen LogP contribution in [0.25, 0.3) is 0 Å². The fraction of sp³-hybridized carbons (Fsp3) is 0.429. The molecule has 2 aromatic rings. The second-order valence-corrected chi connectivity index (χ2v) is 5.60. The molecule has 1 amide bonds. The number of nitrogens with one attached hydrogen (secondary N) is 1. The highest BCUT2D eigenvalue weighted by molar-refractivity contribution is 9.10. The highest BCUT2D eigenvalue weighted by Gasteiger charge is 2.12. The summed E-state index contributed by atoms with van der Waals surface area (Å²) in [5.74, 6) is -0.0358. The van der Waals surface area contributed by atoms with Gasteiger partial charge in [0, 0.05) is 49.1 Å². The number of amides is 1. The molecule has 0 spiro atoms. The van der Waals surface area contributed by atoms with Gasteiger partial charge in [-0.2, -0.15) is 5.10 Å². The summed E-state index contributed by atoms with van der Waals surface area (Å²) in [6.45, 7) is 3.54. The number of nitrogens with zero attached hydrogens (tertiary/aromatic N) is 3. The average Bonchev–Trinajstić information content (AvgIpc) is 2.97. The quantitative estimate of drug-likeness (QED) is 0.878.